The highest BCUT2D eigenvalue weighted by Gasteiger charge is 2.53. The lowest BCUT2D eigenvalue weighted by Gasteiger charge is -2.30. The highest BCUT2D eigenvalue weighted by molar-refractivity contribution is 7.17. The van der Waals surface area contributed by atoms with Crippen molar-refractivity contribution in [3.8, 4) is 10.4 Å². The number of hydrogen-bond acceptors (Lipinski definition) is 7. The highest BCUT2D eigenvalue weighted by Crippen LogP contribution is 2.35. The molecule has 5 rings (SSSR count). The first-order chi connectivity index (χ1) is 17.1. The first-order valence-corrected chi connectivity index (χ1v) is 12.8. The molecule has 4 atom stereocenters. The molecule has 13 heteroatoms. The number of aromatic nitrogens is 2. The van der Waals surface area contributed by atoms with Crippen molar-refractivity contribution in [1.29, 1.82) is 0 Å². The normalized spacial score (nSPS) is 25.3. The second-order valence-corrected chi connectivity index (χ2v) is 10.7. The fourth-order valence-electron chi connectivity index (χ4n) is 5.10. The molecule has 192 valence electrons. The van der Waals surface area contributed by atoms with Crippen molar-refractivity contribution in [2.75, 3.05) is 13.2 Å². The summed E-state index contributed by atoms with van der Waals surface area (Å²) < 4.78 is 43.8. The predicted octanol–water partition coefficient (Wildman–Crippen LogP) is 3.30. The van der Waals surface area contributed by atoms with Crippen molar-refractivity contribution in [3.63, 3.8) is 0 Å². The summed E-state index contributed by atoms with van der Waals surface area (Å²) in [5.41, 5.74) is -0.625. The number of ether oxygens (including phenoxy) is 1. The molecule has 3 aliphatic rings. The summed E-state index contributed by atoms with van der Waals surface area (Å²) in [5.74, 6) is -1.23. The molecule has 1 N–H and O–H groups in total. The lowest BCUT2D eigenvalue weighted by molar-refractivity contribution is -0.141. The number of ketones is 1. The van der Waals surface area contributed by atoms with Gasteiger partial charge in [0.1, 0.15) is 30.5 Å². The van der Waals surface area contributed by atoms with E-state index in [4.69, 9.17) is 16.3 Å². The number of amides is 2. The number of carbonyl (C=O) groups is 3. The van der Waals surface area contributed by atoms with Gasteiger partial charge in [-0.1, -0.05) is 12.8 Å². The molecular formula is C23H22ClF3N4O4S. The molecule has 2 aromatic rings. The van der Waals surface area contributed by atoms with Gasteiger partial charge in [-0.15, -0.1) is 22.9 Å². The third-order valence-corrected chi connectivity index (χ3v) is 8.30. The van der Waals surface area contributed by atoms with E-state index < -0.39 is 41.3 Å². The van der Waals surface area contributed by atoms with Crippen molar-refractivity contribution >= 4 is 40.5 Å². The minimum atomic E-state index is -4.55. The number of hydrogen-bond donors (Lipinski definition) is 1. The number of likely N-dealkylation sites (tertiary alicyclic amines) is 1. The molecule has 2 aromatic heterocycles. The Hall–Kier alpha value is -2.57. The van der Waals surface area contributed by atoms with Crippen molar-refractivity contribution in [1.82, 2.24) is 20.2 Å². The molecule has 8 nitrogen and oxygen atoms in total. The number of Topliss-reactive ketones (excluding diaryl/α,β-unsaturated/α-hetero) is 1. The Bertz CT molecular complexity index is 1170. The van der Waals surface area contributed by atoms with Crippen LogP contribution in [0, 0.1) is 5.92 Å². The molecule has 0 aromatic carbocycles. The van der Waals surface area contributed by atoms with Crippen LogP contribution in [0.2, 0.25) is 0 Å². The summed E-state index contributed by atoms with van der Waals surface area (Å²) in [6, 6.07) is 0.532. The molecule has 2 amide bonds. The molecule has 2 saturated heterocycles. The molecule has 0 radical (unpaired) electrons. The van der Waals surface area contributed by atoms with Crippen LogP contribution in [0.25, 0.3) is 10.4 Å². The van der Waals surface area contributed by atoms with Gasteiger partial charge in [0, 0.05) is 24.5 Å². The number of fused-ring (bicyclic) bond motifs is 1. The van der Waals surface area contributed by atoms with Crippen molar-refractivity contribution in [2.24, 2.45) is 5.92 Å². The first kappa shape index (κ1) is 25.1. The Morgan fingerprint density at radius 1 is 1.19 bits per heavy atom. The Morgan fingerprint density at radius 3 is 2.61 bits per heavy atom. The van der Waals surface area contributed by atoms with E-state index in [-0.39, 0.29) is 35.8 Å². The average Bonchev–Trinajstić information content (AvgIpc) is 3.64. The lowest BCUT2D eigenvalue weighted by Crippen LogP contribution is -2.54. The van der Waals surface area contributed by atoms with Crippen molar-refractivity contribution < 1.29 is 32.3 Å². The second kappa shape index (κ2) is 9.71. The van der Waals surface area contributed by atoms with Gasteiger partial charge in [0.25, 0.3) is 5.91 Å². The fraction of sp³-hybridized carbons (Fsp3) is 0.522. The summed E-state index contributed by atoms with van der Waals surface area (Å²) in [5, 5.41) is 2.37. The Kier molecular flexibility index (Phi) is 6.77. The van der Waals surface area contributed by atoms with Gasteiger partial charge in [0.05, 0.1) is 10.3 Å². The van der Waals surface area contributed by atoms with Gasteiger partial charge in [-0.2, -0.15) is 13.2 Å². The molecule has 4 heterocycles. The van der Waals surface area contributed by atoms with Gasteiger partial charge < -0.3 is 15.0 Å². The second-order valence-electron chi connectivity index (χ2n) is 9.15. The van der Waals surface area contributed by atoms with E-state index in [1.807, 2.05) is 0 Å². The van der Waals surface area contributed by atoms with Crippen molar-refractivity contribution in [3.05, 3.63) is 35.2 Å². The smallest absolute Gasteiger partial charge is 0.366 e. The van der Waals surface area contributed by atoms with Crippen LogP contribution >= 0.6 is 22.9 Å². The van der Waals surface area contributed by atoms with Gasteiger partial charge >= 0.3 is 6.18 Å². The zero-order chi connectivity index (χ0) is 25.6. The Morgan fingerprint density at radius 2 is 1.94 bits per heavy atom. The molecular weight excluding hydrogens is 521 g/mol. The van der Waals surface area contributed by atoms with E-state index in [1.54, 1.807) is 0 Å². The lowest BCUT2D eigenvalue weighted by atomic mass is 9.96. The van der Waals surface area contributed by atoms with Crippen molar-refractivity contribution in [2.45, 2.75) is 55.4 Å². The molecule has 0 spiro atoms. The molecule has 3 fully saturated rings. The third-order valence-electron chi connectivity index (χ3n) is 6.87. The monoisotopic (exact) mass is 542 g/mol. The average molecular weight is 543 g/mol. The van der Waals surface area contributed by atoms with Crippen LogP contribution in [0.5, 0.6) is 0 Å². The number of nitrogens with one attached hydrogen (secondary N) is 1. The van der Waals surface area contributed by atoms with Gasteiger partial charge in [-0.25, -0.2) is 4.98 Å². The number of carbonyl (C=O) groups excluding carboxylic acids is 3. The summed E-state index contributed by atoms with van der Waals surface area (Å²) in [6.07, 6.45) is 0.734. The quantitative estimate of drug-likeness (QED) is 0.582. The summed E-state index contributed by atoms with van der Waals surface area (Å²) in [6.45, 7) is 0.0619. The topological polar surface area (TPSA) is 101 Å². The number of halogens is 4. The zero-order valence-corrected chi connectivity index (χ0v) is 20.4. The van der Waals surface area contributed by atoms with E-state index in [9.17, 15) is 27.6 Å². The fourth-order valence-corrected chi connectivity index (χ4v) is 6.27. The predicted molar refractivity (Wildman–Crippen MR) is 123 cm³/mol. The van der Waals surface area contributed by atoms with Crippen LogP contribution in [-0.4, -0.2) is 69.2 Å². The molecule has 1 saturated carbocycles. The van der Waals surface area contributed by atoms with E-state index >= 15 is 0 Å². The van der Waals surface area contributed by atoms with Gasteiger partial charge in [0.2, 0.25) is 5.91 Å². The summed E-state index contributed by atoms with van der Waals surface area (Å²) >= 11 is 7.33. The Balaban J connectivity index is 1.33. The largest absolute Gasteiger partial charge is 0.433 e. The van der Waals surface area contributed by atoms with Crippen LogP contribution < -0.4 is 5.32 Å². The van der Waals surface area contributed by atoms with Crippen LogP contribution in [0.4, 0.5) is 13.2 Å². The van der Waals surface area contributed by atoms with E-state index in [0.29, 0.717) is 10.4 Å². The van der Waals surface area contributed by atoms with E-state index in [0.717, 1.165) is 49.3 Å². The standard InChI is InChI=1S/C23H22ClF3N4O4S/c24-13-9-31(18-14(32)10-35-19(13)18)22(34)17(11-3-1-2-4-11)30-20(33)21-29-8-15(36-21)12-5-6-16(28-7-12)23(25,26)27/h5-8,11,13,17-19H,1-4,9-10H2,(H,30,33)/t13-,17-,18+,19+/m0/s1. The molecule has 0 unspecified atom stereocenters. The maximum Gasteiger partial charge on any atom is 0.433 e. The minimum Gasteiger partial charge on any atom is -0.366 e. The number of thiazole rings is 1. The van der Waals surface area contributed by atoms with Crippen LogP contribution in [-0.2, 0) is 20.5 Å². The number of pyridine rings is 1. The molecule has 2 aliphatic heterocycles. The SMILES string of the molecule is O=C(N[C@H](C(=O)N1C[C@H](Cl)[C@H]2OCC(=O)[C@H]21)C1CCCC1)c1ncc(-c2ccc(C(F)(F)F)nc2)s1. The van der Waals surface area contributed by atoms with Crippen LogP contribution in [0.3, 0.4) is 0 Å². The number of alkyl halides is 4. The van der Waals surface area contributed by atoms with E-state index in [1.165, 1.54) is 17.2 Å². The maximum atomic E-state index is 13.6. The van der Waals surface area contributed by atoms with Gasteiger partial charge in [0.15, 0.2) is 10.8 Å². The third kappa shape index (κ3) is 4.73. The first-order valence-electron chi connectivity index (χ1n) is 11.5. The zero-order valence-electron chi connectivity index (χ0n) is 18.8. The van der Waals surface area contributed by atoms with Crippen LogP contribution in [0.15, 0.2) is 24.5 Å². The van der Waals surface area contributed by atoms with E-state index in [2.05, 4.69) is 15.3 Å². The summed E-state index contributed by atoms with van der Waals surface area (Å²) in [7, 11) is 0. The minimum absolute atomic E-state index is 0.0653. The Labute approximate surface area is 213 Å². The molecule has 0 bridgehead atoms. The molecule has 36 heavy (non-hydrogen) atoms. The van der Waals surface area contributed by atoms with Crippen LogP contribution in [0.1, 0.15) is 41.2 Å². The van der Waals surface area contributed by atoms with Gasteiger partial charge in [-0.05, 0) is 30.9 Å². The highest BCUT2D eigenvalue weighted by atomic mass is 35.5. The number of rotatable bonds is 5. The summed E-state index contributed by atoms with van der Waals surface area (Å²) in [4.78, 5) is 48.5. The van der Waals surface area contributed by atoms with Gasteiger partial charge in [-0.3, -0.25) is 19.4 Å². The molecule has 1 aliphatic carbocycles. The number of nitrogens with zero attached hydrogens (tertiary/aromatic N) is 3. The maximum absolute atomic E-state index is 13.6.